The van der Waals surface area contributed by atoms with Crippen LogP contribution in [0.4, 0.5) is 0 Å². The predicted molar refractivity (Wildman–Crippen MR) is 85.6 cm³/mol. The van der Waals surface area contributed by atoms with E-state index in [1.807, 2.05) is 0 Å². The summed E-state index contributed by atoms with van der Waals surface area (Å²) in [7, 11) is 0. The van der Waals surface area contributed by atoms with E-state index >= 15 is 0 Å². The Labute approximate surface area is 133 Å². The van der Waals surface area contributed by atoms with Crippen LogP contribution in [0.1, 0.15) is 37.6 Å². The molecule has 0 aliphatic carbocycles. The fourth-order valence-corrected chi connectivity index (χ4v) is 3.23. The number of halogens is 3. The van der Waals surface area contributed by atoms with Gasteiger partial charge in [-0.05, 0) is 24.0 Å². The average molecular weight is 367 g/mol. The van der Waals surface area contributed by atoms with E-state index in [9.17, 15) is 4.79 Å². The van der Waals surface area contributed by atoms with E-state index in [4.69, 9.17) is 23.2 Å². The summed E-state index contributed by atoms with van der Waals surface area (Å²) in [5, 5.41) is 3.54. The number of carbonyl (C=O) groups is 1. The van der Waals surface area contributed by atoms with Crippen molar-refractivity contribution in [2.24, 2.45) is 5.41 Å². The van der Waals surface area contributed by atoms with E-state index in [1.54, 1.807) is 18.2 Å². The minimum absolute atomic E-state index is 0.203. The van der Waals surface area contributed by atoms with E-state index in [1.165, 1.54) is 0 Å². The SMILES string of the molecule is CC(C)(C)CC(Br)CNC(=O)c1cccc(Cl)c1Cl. The Kier molecular flexibility index (Phi) is 6.15. The Hall–Kier alpha value is -0.250. The molecule has 1 amide bonds. The first kappa shape index (κ1) is 16.8. The number of alkyl halides is 1. The van der Waals surface area contributed by atoms with Gasteiger partial charge in [0.15, 0.2) is 0 Å². The van der Waals surface area contributed by atoms with Crippen molar-refractivity contribution >= 4 is 45.0 Å². The molecule has 1 atom stereocenters. The standard InChI is InChI=1S/C14H18BrCl2NO/c1-14(2,3)7-9(15)8-18-13(19)10-5-4-6-11(16)12(10)17/h4-6,9H,7-8H2,1-3H3,(H,18,19). The average Bonchev–Trinajstić information content (AvgIpc) is 2.27. The highest BCUT2D eigenvalue weighted by Gasteiger charge is 2.18. The summed E-state index contributed by atoms with van der Waals surface area (Å²) in [5.41, 5.74) is 0.622. The molecule has 0 heterocycles. The van der Waals surface area contributed by atoms with Crippen LogP contribution in [-0.4, -0.2) is 17.3 Å². The minimum Gasteiger partial charge on any atom is -0.351 e. The van der Waals surface area contributed by atoms with Crippen LogP contribution in [0.25, 0.3) is 0 Å². The van der Waals surface area contributed by atoms with Crippen LogP contribution in [0.3, 0.4) is 0 Å². The molecule has 1 aromatic carbocycles. The number of benzene rings is 1. The van der Waals surface area contributed by atoms with Gasteiger partial charge in [-0.25, -0.2) is 0 Å². The lowest BCUT2D eigenvalue weighted by molar-refractivity contribution is 0.0952. The molecule has 0 saturated heterocycles. The normalized spacial score (nSPS) is 13.2. The van der Waals surface area contributed by atoms with Crippen LogP contribution in [0, 0.1) is 5.41 Å². The third kappa shape index (κ3) is 5.72. The summed E-state index contributed by atoms with van der Waals surface area (Å²) >= 11 is 15.5. The number of carbonyl (C=O) groups excluding carboxylic acids is 1. The van der Waals surface area contributed by atoms with Gasteiger partial charge in [0.05, 0.1) is 15.6 Å². The summed E-state index contributed by atoms with van der Waals surface area (Å²) < 4.78 is 0. The molecule has 0 saturated carbocycles. The minimum atomic E-state index is -0.203. The van der Waals surface area contributed by atoms with Crippen LogP contribution >= 0.6 is 39.1 Å². The van der Waals surface area contributed by atoms with Gasteiger partial charge in [-0.15, -0.1) is 0 Å². The largest absolute Gasteiger partial charge is 0.351 e. The molecule has 1 unspecified atom stereocenters. The topological polar surface area (TPSA) is 29.1 Å². The van der Waals surface area contributed by atoms with Gasteiger partial charge in [0.2, 0.25) is 0 Å². The molecular formula is C14H18BrCl2NO. The van der Waals surface area contributed by atoms with Gasteiger partial charge in [-0.3, -0.25) is 4.79 Å². The number of hydrogen-bond donors (Lipinski definition) is 1. The van der Waals surface area contributed by atoms with Crippen molar-refractivity contribution in [2.75, 3.05) is 6.54 Å². The summed E-state index contributed by atoms with van der Waals surface area (Å²) in [5.74, 6) is -0.203. The van der Waals surface area contributed by atoms with Crippen molar-refractivity contribution in [1.82, 2.24) is 5.32 Å². The maximum Gasteiger partial charge on any atom is 0.252 e. The molecule has 0 spiro atoms. The summed E-state index contributed by atoms with van der Waals surface area (Å²) in [6, 6.07) is 5.04. The van der Waals surface area contributed by atoms with Gasteiger partial charge in [0, 0.05) is 11.4 Å². The van der Waals surface area contributed by atoms with E-state index in [-0.39, 0.29) is 16.1 Å². The zero-order valence-corrected chi connectivity index (χ0v) is 14.4. The molecule has 0 aliphatic heterocycles. The monoisotopic (exact) mass is 365 g/mol. The van der Waals surface area contributed by atoms with E-state index in [2.05, 4.69) is 42.0 Å². The Morgan fingerprint density at radius 3 is 2.58 bits per heavy atom. The number of hydrogen-bond acceptors (Lipinski definition) is 1. The second kappa shape index (κ2) is 6.96. The van der Waals surface area contributed by atoms with Crippen LogP contribution in [0.2, 0.25) is 10.0 Å². The van der Waals surface area contributed by atoms with Gasteiger partial charge in [-0.2, -0.15) is 0 Å². The maximum absolute atomic E-state index is 12.0. The summed E-state index contributed by atoms with van der Waals surface area (Å²) in [6.45, 7) is 7.05. The van der Waals surface area contributed by atoms with Crippen LogP contribution in [-0.2, 0) is 0 Å². The quantitative estimate of drug-likeness (QED) is 0.752. The number of nitrogens with one attached hydrogen (secondary N) is 1. The van der Waals surface area contributed by atoms with Crippen molar-refractivity contribution in [2.45, 2.75) is 32.0 Å². The van der Waals surface area contributed by atoms with Crippen LogP contribution in [0.5, 0.6) is 0 Å². The second-order valence-electron chi connectivity index (χ2n) is 5.67. The van der Waals surface area contributed by atoms with Crippen molar-refractivity contribution in [1.29, 1.82) is 0 Å². The molecule has 2 nitrogen and oxygen atoms in total. The molecule has 0 aliphatic rings. The summed E-state index contributed by atoms with van der Waals surface area (Å²) in [4.78, 5) is 12.2. The molecule has 0 bridgehead atoms. The molecule has 0 aromatic heterocycles. The fourth-order valence-electron chi connectivity index (χ4n) is 1.71. The third-order valence-electron chi connectivity index (χ3n) is 2.51. The number of amides is 1. The highest BCUT2D eigenvalue weighted by atomic mass is 79.9. The Morgan fingerprint density at radius 2 is 2.00 bits per heavy atom. The van der Waals surface area contributed by atoms with Crippen molar-refractivity contribution in [3.63, 3.8) is 0 Å². The van der Waals surface area contributed by atoms with Crippen molar-refractivity contribution in [3.8, 4) is 0 Å². The second-order valence-corrected chi connectivity index (χ2v) is 7.75. The molecule has 0 fully saturated rings. The third-order valence-corrected chi connectivity index (χ3v) is 3.98. The van der Waals surface area contributed by atoms with Crippen molar-refractivity contribution in [3.05, 3.63) is 33.8 Å². The lowest BCUT2D eigenvalue weighted by Gasteiger charge is -2.22. The Morgan fingerprint density at radius 1 is 1.37 bits per heavy atom. The predicted octanol–water partition coefficient (Wildman–Crippen LogP) is 4.92. The van der Waals surface area contributed by atoms with Crippen LogP contribution in [0.15, 0.2) is 18.2 Å². The first-order valence-electron chi connectivity index (χ1n) is 6.07. The van der Waals surface area contributed by atoms with Crippen molar-refractivity contribution < 1.29 is 4.79 Å². The van der Waals surface area contributed by atoms with Crippen LogP contribution < -0.4 is 5.32 Å². The van der Waals surface area contributed by atoms with E-state index in [0.717, 1.165) is 6.42 Å². The first-order valence-corrected chi connectivity index (χ1v) is 7.74. The zero-order valence-electron chi connectivity index (χ0n) is 11.3. The van der Waals surface area contributed by atoms with Gasteiger partial charge in [0.1, 0.15) is 0 Å². The lowest BCUT2D eigenvalue weighted by atomic mass is 9.90. The first-order chi connectivity index (χ1) is 8.70. The summed E-state index contributed by atoms with van der Waals surface area (Å²) in [6.07, 6.45) is 0.969. The highest BCUT2D eigenvalue weighted by Crippen LogP contribution is 2.26. The molecule has 1 rings (SSSR count). The molecular weight excluding hydrogens is 349 g/mol. The zero-order chi connectivity index (χ0) is 14.6. The molecule has 5 heteroatoms. The Bertz CT molecular complexity index is 457. The van der Waals surface area contributed by atoms with Gasteiger partial charge >= 0.3 is 0 Å². The smallest absolute Gasteiger partial charge is 0.252 e. The Balaban J connectivity index is 2.59. The molecule has 0 radical (unpaired) electrons. The maximum atomic E-state index is 12.0. The molecule has 1 aromatic rings. The van der Waals surface area contributed by atoms with Gasteiger partial charge in [-0.1, -0.05) is 66.0 Å². The molecule has 106 valence electrons. The van der Waals surface area contributed by atoms with Gasteiger partial charge < -0.3 is 5.32 Å². The fraction of sp³-hybridized carbons (Fsp3) is 0.500. The number of rotatable bonds is 4. The van der Waals surface area contributed by atoms with E-state index in [0.29, 0.717) is 22.2 Å². The highest BCUT2D eigenvalue weighted by molar-refractivity contribution is 9.09. The molecule has 1 N–H and O–H groups in total. The van der Waals surface area contributed by atoms with E-state index < -0.39 is 0 Å². The van der Waals surface area contributed by atoms with Gasteiger partial charge in [0.25, 0.3) is 5.91 Å². The molecule has 19 heavy (non-hydrogen) atoms. The lowest BCUT2D eigenvalue weighted by Crippen LogP contribution is -2.31.